The van der Waals surface area contributed by atoms with E-state index >= 15 is 0 Å². The van der Waals surface area contributed by atoms with E-state index in [1.165, 1.54) is 4.31 Å². The van der Waals surface area contributed by atoms with Crippen LogP contribution in [0.25, 0.3) is 0 Å². The molecule has 158 valence electrons. The number of ether oxygens (including phenoxy) is 1. The first kappa shape index (κ1) is 21.2. The molecule has 1 aliphatic rings. The Hall–Kier alpha value is -2.50. The van der Waals surface area contributed by atoms with Crippen LogP contribution in [0.2, 0.25) is 0 Å². The van der Waals surface area contributed by atoms with E-state index in [0.717, 1.165) is 0 Å². The number of piperazine rings is 1. The summed E-state index contributed by atoms with van der Waals surface area (Å²) in [6.45, 7) is 4.88. The molecule has 0 radical (unpaired) electrons. The van der Waals surface area contributed by atoms with Crippen LogP contribution in [0, 0.1) is 0 Å². The Balaban J connectivity index is 1.62. The maximum atomic E-state index is 12.9. The maximum absolute atomic E-state index is 12.9. The van der Waals surface area contributed by atoms with Gasteiger partial charge in [0, 0.05) is 40.3 Å². The summed E-state index contributed by atoms with van der Waals surface area (Å²) < 4.78 is 32.7. The first-order valence-electron chi connectivity index (χ1n) is 9.42. The summed E-state index contributed by atoms with van der Waals surface area (Å²) in [7, 11) is 0.141. The zero-order valence-electron chi connectivity index (χ0n) is 16.9. The second-order valence-electron chi connectivity index (χ2n) is 6.89. The lowest BCUT2D eigenvalue weighted by Gasteiger charge is -2.33. The van der Waals surface area contributed by atoms with E-state index in [1.807, 2.05) is 21.0 Å². The van der Waals surface area contributed by atoms with Crippen LogP contribution >= 0.6 is 0 Å². The molecule has 2 N–H and O–H groups in total. The summed E-state index contributed by atoms with van der Waals surface area (Å²) >= 11 is 0. The fourth-order valence-corrected chi connectivity index (χ4v) is 4.47. The van der Waals surface area contributed by atoms with Crippen LogP contribution in [-0.4, -0.2) is 79.5 Å². The van der Waals surface area contributed by atoms with Crippen LogP contribution in [0.15, 0.2) is 29.2 Å². The van der Waals surface area contributed by atoms with Gasteiger partial charge in [0.15, 0.2) is 0 Å². The minimum Gasteiger partial charge on any atom is -0.494 e. The highest BCUT2D eigenvalue weighted by atomic mass is 32.2. The molecule has 29 heavy (non-hydrogen) atoms. The average Bonchev–Trinajstić information content (AvgIpc) is 2.68. The molecule has 0 saturated carbocycles. The zero-order valence-corrected chi connectivity index (χ0v) is 17.8. The maximum Gasteiger partial charge on any atom is 0.243 e. The number of hydrogen-bond acceptors (Lipinski definition) is 9. The minimum atomic E-state index is -3.53. The Bertz CT molecular complexity index is 927. The third-order valence-electron chi connectivity index (χ3n) is 4.56. The van der Waals surface area contributed by atoms with Gasteiger partial charge in [-0.1, -0.05) is 0 Å². The second kappa shape index (κ2) is 8.89. The summed E-state index contributed by atoms with van der Waals surface area (Å²) in [5.74, 6) is 1.91. The molecule has 2 heterocycles. The zero-order chi connectivity index (χ0) is 21.0. The molecule has 1 saturated heterocycles. The largest absolute Gasteiger partial charge is 0.494 e. The first-order chi connectivity index (χ1) is 13.8. The van der Waals surface area contributed by atoms with Gasteiger partial charge < -0.3 is 15.4 Å². The van der Waals surface area contributed by atoms with Crippen LogP contribution in [0.5, 0.6) is 5.75 Å². The van der Waals surface area contributed by atoms with Gasteiger partial charge in [0.25, 0.3) is 0 Å². The molecule has 2 aromatic rings. The molecular formula is C18H27N7O3S. The molecule has 3 rings (SSSR count). The molecule has 0 atom stereocenters. The van der Waals surface area contributed by atoms with E-state index in [-0.39, 0.29) is 10.8 Å². The van der Waals surface area contributed by atoms with Crippen LogP contribution in [0.3, 0.4) is 0 Å². The molecule has 1 aromatic carbocycles. The van der Waals surface area contributed by atoms with Crippen LogP contribution < -0.4 is 15.4 Å². The van der Waals surface area contributed by atoms with E-state index in [4.69, 9.17) is 10.5 Å². The van der Waals surface area contributed by atoms with E-state index < -0.39 is 10.0 Å². The number of nitrogen functional groups attached to an aromatic ring is 1. The lowest BCUT2D eigenvalue weighted by atomic mass is 10.3. The number of hydrogen-bond donors (Lipinski definition) is 1. The quantitative estimate of drug-likeness (QED) is 0.679. The number of aromatic nitrogens is 3. The van der Waals surface area contributed by atoms with Gasteiger partial charge in [-0.15, -0.1) is 0 Å². The summed E-state index contributed by atoms with van der Waals surface area (Å²) in [6, 6.07) is 6.53. The Morgan fingerprint density at radius 1 is 1.07 bits per heavy atom. The minimum absolute atomic E-state index is 0.176. The van der Waals surface area contributed by atoms with Gasteiger partial charge in [0.05, 0.1) is 18.0 Å². The van der Waals surface area contributed by atoms with Crippen molar-refractivity contribution in [3.8, 4) is 5.75 Å². The fourth-order valence-electron chi connectivity index (χ4n) is 3.05. The van der Waals surface area contributed by atoms with Gasteiger partial charge in [0.2, 0.25) is 21.9 Å². The summed E-state index contributed by atoms with van der Waals surface area (Å²) in [4.78, 5) is 16.8. The third kappa shape index (κ3) is 5.11. The molecular weight excluding hydrogens is 394 g/mol. The van der Waals surface area contributed by atoms with Crippen molar-refractivity contribution in [3.63, 3.8) is 0 Å². The van der Waals surface area contributed by atoms with E-state index in [2.05, 4.69) is 19.9 Å². The normalized spacial score (nSPS) is 16.0. The number of anilines is 2. The van der Waals surface area contributed by atoms with Crippen molar-refractivity contribution in [2.45, 2.75) is 18.4 Å². The van der Waals surface area contributed by atoms with Gasteiger partial charge in [-0.25, -0.2) is 8.42 Å². The molecule has 1 fully saturated rings. The molecule has 1 aliphatic heterocycles. The Labute approximate surface area is 171 Å². The number of rotatable bonds is 7. The average molecular weight is 422 g/mol. The number of nitrogens with zero attached hydrogens (tertiary/aromatic N) is 6. The summed E-state index contributed by atoms with van der Waals surface area (Å²) in [6.07, 6.45) is 0. The van der Waals surface area contributed by atoms with Crippen molar-refractivity contribution in [3.05, 3.63) is 30.1 Å². The Kier molecular flexibility index (Phi) is 6.50. The molecule has 0 aliphatic carbocycles. The molecule has 0 unspecified atom stereocenters. The topological polar surface area (TPSA) is 118 Å². The molecule has 10 nitrogen and oxygen atoms in total. The van der Waals surface area contributed by atoms with E-state index in [0.29, 0.717) is 56.9 Å². The predicted molar refractivity (Wildman–Crippen MR) is 110 cm³/mol. The van der Waals surface area contributed by atoms with Gasteiger partial charge >= 0.3 is 0 Å². The van der Waals surface area contributed by atoms with Crippen molar-refractivity contribution in [2.75, 3.05) is 57.5 Å². The summed E-state index contributed by atoms with van der Waals surface area (Å²) in [5.41, 5.74) is 5.77. The van der Waals surface area contributed by atoms with Gasteiger partial charge in [-0.05, 0) is 31.2 Å². The molecule has 0 bridgehead atoms. The van der Waals surface area contributed by atoms with Crippen molar-refractivity contribution in [1.29, 1.82) is 0 Å². The number of nitrogens with two attached hydrogens (primary N) is 1. The second-order valence-corrected chi connectivity index (χ2v) is 8.83. The lowest BCUT2D eigenvalue weighted by molar-refractivity contribution is 0.178. The highest BCUT2D eigenvalue weighted by Crippen LogP contribution is 2.21. The monoisotopic (exact) mass is 421 g/mol. The number of sulfonamides is 1. The smallest absolute Gasteiger partial charge is 0.243 e. The SMILES string of the molecule is CCOc1ccc(S(=O)(=O)N2CCN(Cc3nc(N)nc(N(C)C)n3)CC2)cc1. The van der Waals surface area contributed by atoms with Crippen LogP contribution in [-0.2, 0) is 16.6 Å². The molecule has 1 aromatic heterocycles. The predicted octanol–water partition coefficient (Wildman–Crippen LogP) is 0.425. The Morgan fingerprint density at radius 3 is 2.31 bits per heavy atom. The van der Waals surface area contributed by atoms with Gasteiger partial charge in [-0.2, -0.15) is 19.3 Å². The van der Waals surface area contributed by atoms with Gasteiger partial charge in [0.1, 0.15) is 11.6 Å². The van der Waals surface area contributed by atoms with E-state index in [1.54, 1.807) is 29.2 Å². The number of benzene rings is 1. The Morgan fingerprint density at radius 2 is 1.72 bits per heavy atom. The van der Waals surface area contributed by atoms with Crippen molar-refractivity contribution in [1.82, 2.24) is 24.2 Å². The van der Waals surface area contributed by atoms with Crippen molar-refractivity contribution in [2.24, 2.45) is 0 Å². The lowest BCUT2D eigenvalue weighted by Crippen LogP contribution is -2.48. The molecule has 11 heteroatoms. The van der Waals surface area contributed by atoms with Crippen LogP contribution in [0.4, 0.5) is 11.9 Å². The van der Waals surface area contributed by atoms with Crippen LogP contribution in [0.1, 0.15) is 12.7 Å². The summed E-state index contributed by atoms with van der Waals surface area (Å²) in [5, 5.41) is 0. The fraction of sp³-hybridized carbons (Fsp3) is 0.500. The van der Waals surface area contributed by atoms with Crippen molar-refractivity contribution >= 4 is 21.9 Å². The first-order valence-corrected chi connectivity index (χ1v) is 10.9. The van der Waals surface area contributed by atoms with Gasteiger partial charge in [-0.3, -0.25) is 4.90 Å². The molecule has 0 amide bonds. The highest BCUT2D eigenvalue weighted by molar-refractivity contribution is 7.89. The highest BCUT2D eigenvalue weighted by Gasteiger charge is 2.28. The third-order valence-corrected chi connectivity index (χ3v) is 6.47. The van der Waals surface area contributed by atoms with Crippen molar-refractivity contribution < 1.29 is 13.2 Å². The molecule has 0 spiro atoms. The van der Waals surface area contributed by atoms with E-state index in [9.17, 15) is 8.42 Å². The standard InChI is InChI=1S/C18H27N7O3S/c1-4-28-14-5-7-15(8-6-14)29(26,27)25-11-9-24(10-12-25)13-16-20-17(19)22-18(21-16)23(2)3/h5-8H,4,9-13H2,1-3H3,(H2,19,20,21,22).